The normalized spacial score (nSPS) is 11.7. The van der Waals surface area contributed by atoms with Crippen LogP contribution < -0.4 is 10.9 Å². The molecule has 200 valence electrons. The van der Waals surface area contributed by atoms with E-state index in [0.717, 1.165) is 0 Å². The molecule has 1 atom stereocenters. The minimum Gasteiger partial charge on any atom is -0.478 e. The van der Waals surface area contributed by atoms with Crippen LogP contribution >= 0.6 is 11.6 Å². The Kier molecular flexibility index (Phi) is 7.47. The summed E-state index contributed by atoms with van der Waals surface area (Å²) in [6, 6.07) is 18.4. The number of carboxylic acid groups (broad SMARTS) is 1. The number of benzene rings is 3. The molecule has 0 aliphatic heterocycles. The molecule has 0 aliphatic rings. The molecule has 0 saturated heterocycles. The number of amides is 1. The van der Waals surface area contributed by atoms with Crippen molar-refractivity contribution in [2.75, 3.05) is 5.32 Å². The summed E-state index contributed by atoms with van der Waals surface area (Å²) < 4.78 is 16.6. The SMILES string of the molecule is O=C(O)c1ccc(NC(=O)C(Cc2cccc(F)c2)n2ccc(-c3cc(Cl)ccc3-n3cnnn3)cc2=O)cc1. The molecule has 0 bridgehead atoms. The zero-order valence-corrected chi connectivity index (χ0v) is 21.4. The predicted molar refractivity (Wildman–Crippen MR) is 145 cm³/mol. The van der Waals surface area contributed by atoms with Crippen molar-refractivity contribution in [1.29, 1.82) is 0 Å². The van der Waals surface area contributed by atoms with Crippen LogP contribution in [0.15, 0.2) is 96.2 Å². The van der Waals surface area contributed by atoms with Gasteiger partial charge in [-0.05, 0) is 82.2 Å². The van der Waals surface area contributed by atoms with Crippen LogP contribution in [0.3, 0.4) is 0 Å². The van der Waals surface area contributed by atoms with Crippen LogP contribution in [0.4, 0.5) is 10.1 Å². The number of anilines is 1. The van der Waals surface area contributed by atoms with Gasteiger partial charge in [0.1, 0.15) is 18.2 Å². The topological polar surface area (TPSA) is 132 Å². The number of pyridine rings is 1. The Bertz CT molecular complexity index is 1760. The predicted octanol–water partition coefficient (Wildman–Crippen LogP) is 4.40. The lowest BCUT2D eigenvalue weighted by atomic mass is 10.0. The maximum absolute atomic E-state index is 13.9. The number of carbonyl (C=O) groups is 2. The molecule has 2 N–H and O–H groups in total. The fourth-order valence-corrected chi connectivity index (χ4v) is 4.42. The highest BCUT2D eigenvalue weighted by Gasteiger charge is 2.23. The smallest absolute Gasteiger partial charge is 0.335 e. The van der Waals surface area contributed by atoms with Crippen molar-refractivity contribution < 1.29 is 19.1 Å². The quantitative estimate of drug-likeness (QED) is 0.288. The number of rotatable bonds is 8. The summed E-state index contributed by atoms with van der Waals surface area (Å²) in [4.78, 5) is 38.1. The van der Waals surface area contributed by atoms with E-state index in [-0.39, 0.29) is 12.0 Å². The Morgan fingerprint density at radius 3 is 2.50 bits per heavy atom. The van der Waals surface area contributed by atoms with Crippen LogP contribution in [0.5, 0.6) is 0 Å². The molecule has 10 nitrogen and oxygen atoms in total. The summed E-state index contributed by atoms with van der Waals surface area (Å²) >= 11 is 6.24. The van der Waals surface area contributed by atoms with Gasteiger partial charge >= 0.3 is 5.97 Å². The summed E-state index contributed by atoms with van der Waals surface area (Å²) in [5, 5.41) is 23.5. The second kappa shape index (κ2) is 11.3. The molecule has 1 unspecified atom stereocenters. The van der Waals surface area contributed by atoms with Gasteiger partial charge in [-0.25, -0.2) is 9.18 Å². The van der Waals surface area contributed by atoms with E-state index in [1.54, 1.807) is 30.3 Å². The van der Waals surface area contributed by atoms with E-state index in [0.29, 0.717) is 33.1 Å². The van der Waals surface area contributed by atoms with Crippen molar-refractivity contribution in [3.05, 3.63) is 124 Å². The minimum atomic E-state index is -1.10. The van der Waals surface area contributed by atoms with Crippen molar-refractivity contribution >= 4 is 29.2 Å². The first-order valence-electron chi connectivity index (χ1n) is 11.9. The largest absolute Gasteiger partial charge is 0.478 e. The number of aromatic nitrogens is 5. The number of nitrogens with one attached hydrogen (secondary N) is 1. The molecular formula is C28H20ClFN6O4. The lowest BCUT2D eigenvalue weighted by Crippen LogP contribution is -2.34. The fourth-order valence-electron chi connectivity index (χ4n) is 4.25. The summed E-state index contributed by atoms with van der Waals surface area (Å²) in [6.07, 6.45) is 2.92. The molecule has 40 heavy (non-hydrogen) atoms. The average Bonchev–Trinajstić information content (AvgIpc) is 3.47. The summed E-state index contributed by atoms with van der Waals surface area (Å²) in [5.41, 5.74) is 2.12. The van der Waals surface area contributed by atoms with Gasteiger partial charge in [-0.2, -0.15) is 4.68 Å². The van der Waals surface area contributed by atoms with Crippen LogP contribution in [0.25, 0.3) is 16.8 Å². The summed E-state index contributed by atoms with van der Waals surface area (Å²) in [6.45, 7) is 0. The molecule has 0 radical (unpaired) electrons. The van der Waals surface area contributed by atoms with Gasteiger partial charge in [-0.1, -0.05) is 23.7 Å². The first-order valence-corrected chi connectivity index (χ1v) is 12.3. The molecular weight excluding hydrogens is 539 g/mol. The van der Waals surface area contributed by atoms with Gasteiger partial charge in [0.25, 0.3) is 5.56 Å². The highest BCUT2D eigenvalue weighted by molar-refractivity contribution is 6.31. The highest BCUT2D eigenvalue weighted by Crippen LogP contribution is 2.29. The van der Waals surface area contributed by atoms with Gasteiger partial charge in [0.05, 0.1) is 11.3 Å². The summed E-state index contributed by atoms with van der Waals surface area (Å²) in [5.74, 6) is -2.12. The van der Waals surface area contributed by atoms with Crippen molar-refractivity contribution in [3.8, 4) is 16.8 Å². The zero-order valence-electron chi connectivity index (χ0n) is 20.6. The van der Waals surface area contributed by atoms with E-state index < -0.39 is 29.3 Å². The standard InChI is InChI=1S/C28H20ClFN6O4/c29-20-6-9-24(36-16-31-33-34-36)23(15-20)19-10-11-35(26(37)14-19)25(13-17-2-1-3-21(30)12-17)27(38)32-22-7-4-18(5-8-22)28(39)40/h1-12,14-16,25H,13H2,(H,32,38)(H,39,40). The third kappa shape index (κ3) is 5.79. The molecule has 5 aromatic rings. The average molecular weight is 559 g/mol. The lowest BCUT2D eigenvalue weighted by molar-refractivity contribution is -0.119. The molecule has 2 aromatic heterocycles. The Hall–Kier alpha value is -5.16. The van der Waals surface area contributed by atoms with Gasteiger partial charge in [0.2, 0.25) is 5.91 Å². The molecule has 1 amide bonds. The van der Waals surface area contributed by atoms with Gasteiger partial charge in [-0.15, -0.1) is 5.10 Å². The second-order valence-corrected chi connectivity index (χ2v) is 9.23. The Morgan fingerprint density at radius 2 is 1.82 bits per heavy atom. The van der Waals surface area contributed by atoms with E-state index in [4.69, 9.17) is 16.7 Å². The van der Waals surface area contributed by atoms with E-state index in [1.807, 2.05) is 0 Å². The monoisotopic (exact) mass is 558 g/mol. The first kappa shape index (κ1) is 26.4. The number of carbonyl (C=O) groups excluding carboxylic acids is 1. The van der Waals surface area contributed by atoms with Crippen molar-refractivity contribution in [2.45, 2.75) is 12.5 Å². The maximum atomic E-state index is 13.9. The third-order valence-corrected chi connectivity index (χ3v) is 6.40. The van der Waals surface area contributed by atoms with Crippen LogP contribution in [0.1, 0.15) is 22.0 Å². The number of carboxylic acids is 1. The number of hydrogen-bond acceptors (Lipinski definition) is 6. The molecule has 0 fully saturated rings. The molecule has 12 heteroatoms. The van der Waals surface area contributed by atoms with E-state index in [1.165, 1.54) is 70.3 Å². The van der Waals surface area contributed by atoms with Crippen molar-refractivity contribution in [1.82, 2.24) is 24.8 Å². The molecule has 5 rings (SSSR count). The minimum absolute atomic E-state index is 0.0170. The number of nitrogens with zero attached hydrogens (tertiary/aromatic N) is 5. The van der Waals surface area contributed by atoms with E-state index in [9.17, 15) is 18.8 Å². The van der Waals surface area contributed by atoms with Gasteiger partial charge in [-0.3, -0.25) is 9.59 Å². The summed E-state index contributed by atoms with van der Waals surface area (Å²) in [7, 11) is 0. The zero-order chi connectivity index (χ0) is 28.2. The molecule has 0 spiro atoms. The van der Waals surface area contributed by atoms with Gasteiger partial charge in [0.15, 0.2) is 0 Å². The molecule has 0 aliphatic carbocycles. The second-order valence-electron chi connectivity index (χ2n) is 8.80. The maximum Gasteiger partial charge on any atom is 0.335 e. The fraction of sp³-hybridized carbons (Fsp3) is 0.0714. The van der Waals surface area contributed by atoms with Crippen molar-refractivity contribution in [3.63, 3.8) is 0 Å². The van der Waals surface area contributed by atoms with Gasteiger partial charge < -0.3 is 15.0 Å². The Balaban J connectivity index is 1.52. The lowest BCUT2D eigenvalue weighted by Gasteiger charge is -2.20. The van der Waals surface area contributed by atoms with Crippen molar-refractivity contribution in [2.24, 2.45) is 0 Å². The van der Waals surface area contributed by atoms with Crippen LogP contribution in [0, 0.1) is 5.82 Å². The Morgan fingerprint density at radius 1 is 1.02 bits per heavy atom. The van der Waals surface area contributed by atoms with Crippen LogP contribution in [-0.2, 0) is 11.2 Å². The number of halogens is 2. The first-order chi connectivity index (χ1) is 19.3. The van der Waals surface area contributed by atoms with Gasteiger partial charge in [0, 0.05) is 35.0 Å². The van der Waals surface area contributed by atoms with E-state index >= 15 is 0 Å². The molecule has 0 saturated carbocycles. The third-order valence-electron chi connectivity index (χ3n) is 6.17. The number of tetrazole rings is 1. The Labute approximate surface area is 231 Å². The number of hydrogen-bond donors (Lipinski definition) is 2. The van der Waals surface area contributed by atoms with E-state index in [2.05, 4.69) is 20.8 Å². The van der Waals surface area contributed by atoms with Crippen LogP contribution in [-0.4, -0.2) is 41.8 Å². The number of aromatic carboxylic acids is 1. The molecule has 2 heterocycles. The van der Waals surface area contributed by atoms with Crippen LogP contribution in [0.2, 0.25) is 5.02 Å². The highest BCUT2D eigenvalue weighted by atomic mass is 35.5. The molecule has 3 aromatic carbocycles.